The highest BCUT2D eigenvalue weighted by Crippen LogP contribution is 2.18. The molecule has 0 unspecified atom stereocenters. The SMILES string of the molecule is Cc1cc(NC(=O)c2cc(N3CCCC3)ncn2)n[nH]1. The van der Waals surface area contributed by atoms with E-state index >= 15 is 0 Å². The molecule has 1 saturated heterocycles. The lowest BCUT2D eigenvalue weighted by atomic mass is 10.3. The van der Waals surface area contributed by atoms with Gasteiger partial charge in [-0.25, -0.2) is 9.97 Å². The summed E-state index contributed by atoms with van der Waals surface area (Å²) in [6.45, 7) is 3.84. The van der Waals surface area contributed by atoms with Crippen LogP contribution in [0.3, 0.4) is 0 Å². The predicted octanol–water partition coefficient (Wildman–Crippen LogP) is 1.36. The van der Waals surface area contributed by atoms with Crippen molar-refractivity contribution in [2.75, 3.05) is 23.3 Å². The van der Waals surface area contributed by atoms with Crippen molar-refractivity contribution in [2.24, 2.45) is 0 Å². The van der Waals surface area contributed by atoms with Gasteiger partial charge in [-0.1, -0.05) is 0 Å². The second-order valence-corrected chi connectivity index (χ2v) is 4.85. The molecule has 0 bridgehead atoms. The van der Waals surface area contributed by atoms with Crippen molar-refractivity contribution in [3.05, 3.63) is 29.8 Å². The minimum atomic E-state index is -0.278. The van der Waals surface area contributed by atoms with Crippen LogP contribution in [-0.2, 0) is 0 Å². The first-order valence-corrected chi connectivity index (χ1v) is 6.63. The summed E-state index contributed by atoms with van der Waals surface area (Å²) in [6, 6.07) is 3.49. The third kappa shape index (κ3) is 2.61. The number of H-pyrrole nitrogens is 1. The molecule has 3 rings (SSSR count). The summed E-state index contributed by atoms with van der Waals surface area (Å²) in [5, 5.41) is 9.45. The summed E-state index contributed by atoms with van der Waals surface area (Å²) in [5.74, 6) is 1.02. The molecule has 0 saturated carbocycles. The molecule has 1 fully saturated rings. The highest BCUT2D eigenvalue weighted by Gasteiger charge is 2.16. The van der Waals surface area contributed by atoms with Crippen LogP contribution in [0.4, 0.5) is 11.6 Å². The fourth-order valence-electron chi connectivity index (χ4n) is 2.25. The minimum Gasteiger partial charge on any atom is -0.357 e. The van der Waals surface area contributed by atoms with Crippen LogP contribution in [0.5, 0.6) is 0 Å². The van der Waals surface area contributed by atoms with Crippen LogP contribution >= 0.6 is 0 Å². The number of nitrogens with zero attached hydrogens (tertiary/aromatic N) is 4. The van der Waals surface area contributed by atoms with Crippen LogP contribution in [0.15, 0.2) is 18.5 Å². The average Bonchev–Trinajstić information content (AvgIpc) is 3.11. The Balaban J connectivity index is 1.75. The molecular formula is C13H16N6O. The van der Waals surface area contributed by atoms with Gasteiger partial charge in [-0.2, -0.15) is 5.10 Å². The Hall–Kier alpha value is -2.44. The van der Waals surface area contributed by atoms with E-state index in [0.29, 0.717) is 11.5 Å². The molecule has 3 heterocycles. The van der Waals surface area contributed by atoms with Crippen molar-refractivity contribution in [3.63, 3.8) is 0 Å². The van der Waals surface area contributed by atoms with Crippen LogP contribution in [0.1, 0.15) is 29.0 Å². The number of amides is 1. The first kappa shape index (κ1) is 12.6. The maximum Gasteiger partial charge on any atom is 0.275 e. The zero-order valence-electron chi connectivity index (χ0n) is 11.3. The summed E-state index contributed by atoms with van der Waals surface area (Å²) >= 11 is 0. The third-order valence-corrected chi connectivity index (χ3v) is 3.26. The largest absolute Gasteiger partial charge is 0.357 e. The van der Waals surface area contributed by atoms with Gasteiger partial charge < -0.3 is 10.2 Å². The van der Waals surface area contributed by atoms with Gasteiger partial charge in [0.25, 0.3) is 5.91 Å². The maximum absolute atomic E-state index is 12.1. The molecular weight excluding hydrogens is 256 g/mol. The van der Waals surface area contributed by atoms with Gasteiger partial charge in [-0.15, -0.1) is 0 Å². The van der Waals surface area contributed by atoms with E-state index in [2.05, 4.69) is 30.4 Å². The number of anilines is 2. The van der Waals surface area contributed by atoms with E-state index in [1.165, 1.54) is 6.33 Å². The lowest BCUT2D eigenvalue weighted by molar-refractivity contribution is 0.102. The van der Waals surface area contributed by atoms with E-state index < -0.39 is 0 Å². The maximum atomic E-state index is 12.1. The van der Waals surface area contributed by atoms with Crippen LogP contribution in [0.2, 0.25) is 0 Å². The lowest BCUT2D eigenvalue weighted by Crippen LogP contribution is -2.21. The first-order valence-electron chi connectivity index (χ1n) is 6.63. The highest BCUT2D eigenvalue weighted by molar-refractivity contribution is 6.02. The van der Waals surface area contributed by atoms with Crippen LogP contribution in [-0.4, -0.2) is 39.2 Å². The van der Waals surface area contributed by atoms with Crippen molar-refractivity contribution in [1.29, 1.82) is 0 Å². The molecule has 20 heavy (non-hydrogen) atoms. The number of hydrogen-bond donors (Lipinski definition) is 2. The number of aromatic nitrogens is 4. The predicted molar refractivity (Wildman–Crippen MR) is 74.8 cm³/mol. The molecule has 2 N–H and O–H groups in total. The molecule has 2 aromatic heterocycles. The van der Waals surface area contributed by atoms with Crippen LogP contribution in [0, 0.1) is 6.92 Å². The van der Waals surface area contributed by atoms with E-state index in [4.69, 9.17) is 0 Å². The van der Waals surface area contributed by atoms with Crippen molar-refractivity contribution in [2.45, 2.75) is 19.8 Å². The van der Waals surface area contributed by atoms with E-state index in [-0.39, 0.29) is 5.91 Å². The molecule has 1 aliphatic rings. The lowest BCUT2D eigenvalue weighted by Gasteiger charge is -2.16. The van der Waals surface area contributed by atoms with Gasteiger partial charge >= 0.3 is 0 Å². The first-order chi connectivity index (χ1) is 9.72. The van der Waals surface area contributed by atoms with E-state index in [1.807, 2.05) is 6.92 Å². The number of carbonyl (C=O) groups excluding carboxylic acids is 1. The number of rotatable bonds is 3. The molecule has 104 valence electrons. The number of nitrogens with one attached hydrogen (secondary N) is 2. The molecule has 0 spiro atoms. The Morgan fingerprint density at radius 2 is 2.10 bits per heavy atom. The molecule has 0 atom stereocenters. The fraction of sp³-hybridized carbons (Fsp3) is 0.385. The monoisotopic (exact) mass is 272 g/mol. The Labute approximate surface area is 116 Å². The molecule has 7 nitrogen and oxygen atoms in total. The zero-order valence-corrected chi connectivity index (χ0v) is 11.3. The number of carbonyl (C=O) groups is 1. The van der Waals surface area contributed by atoms with Crippen LogP contribution < -0.4 is 10.2 Å². The fourth-order valence-corrected chi connectivity index (χ4v) is 2.25. The quantitative estimate of drug-likeness (QED) is 0.881. The van der Waals surface area contributed by atoms with Gasteiger partial charge in [0.2, 0.25) is 0 Å². The van der Waals surface area contributed by atoms with E-state index in [1.54, 1.807) is 12.1 Å². The number of hydrogen-bond acceptors (Lipinski definition) is 5. The standard InChI is InChI=1S/C13H16N6O/c1-9-6-11(18-17-9)16-13(20)10-7-12(15-8-14-10)19-4-2-3-5-19/h6-8H,2-5H2,1H3,(H2,16,17,18,20). The zero-order chi connectivity index (χ0) is 13.9. The van der Waals surface area contributed by atoms with Gasteiger partial charge in [-0.3, -0.25) is 9.89 Å². The summed E-state index contributed by atoms with van der Waals surface area (Å²) in [5.41, 5.74) is 1.24. The van der Waals surface area contributed by atoms with E-state index in [9.17, 15) is 4.79 Å². The van der Waals surface area contributed by atoms with Gasteiger partial charge in [0, 0.05) is 30.9 Å². The summed E-state index contributed by atoms with van der Waals surface area (Å²) in [6.07, 6.45) is 3.76. The highest BCUT2D eigenvalue weighted by atomic mass is 16.2. The molecule has 0 aromatic carbocycles. The Kier molecular flexibility index (Phi) is 3.32. The molecule has 7 heteroatoms. The second kappa shape index (κ2) is 5.28. The van der Waals surface area contributed by atoms with Gasteiger partial charge in [0.1, 0.15) is 17.8 Å². The van der Waals surface area contributed by atoms with Crippen molar-refractivity contribution >= 4 is 17.5 Å². The van der Waals surface area contributed by atoms with Crippen molar-refractivity contribution < 1.29 is 4.79 Å². The number of aromatic amines is 1. The second-order valence-electron chi connectivity index (χ2n) is 4.85. The summed E-state index contributed by atoms with van der Waals surface area (Å²) < 4.78 is 0. The smallest absolute Gasteiger partial charge is 0.275 e. The van der Waals surface area contributed by atoms with Crippen molar-refractivity contribution in [1.82, 2.24) is 20.2 Å². The van der Waals surface area contributed by atoms with Gasteiger partial charge in [-0.05, 0) is 19.8 Å². The van der Waals surface area contributed by atoms with Crippen molar-refractivity contribution in [3.8, 4) is 0 Å². The summed E-state index contributed by atoms with van der Waals surface area (Å²) in [7, 11) is 0. The van der Waals surface area contributed by atoms with Gasteiger partial charge in [0.15, 0.2) is 5.82 Å². The topological polar surface area (TPSA) is 86.8 Å². The normalized spacial score (nSPS) is 14.6. The molecule has 1 aliphatic heterocycles. The third-order valence-electron chi connectivity index (χ3n) is 3.26. The molecule has 2 aromatic rings. The molecule has 0 aliphatic carbocycles. The Bertz CT molecular complexity index is 617. The van der Waals surface area contributed by atoms with Crippen LogP contribution in [0.25, 0.3) is 0 Å². The number of aryl methyl sites for hydroxylation is 1. The molecule has 0 radical (unpaired) electrons. The van der Waals surface area contributed by atoms with E-state index in [0.717, 1.165) is 37.4 Å². The molecule has 1 amide bonds. The average molecular weight is 272 g/mol. The minimum absolute atomic E-state index is 0.278. The Morgan fingerprint density at radius 3 is 2.80 bits per heavy atom. The van der Waals surface area contributed by atoms with Gasteiger partial charge in [0.05, 0.1) is 0 Å². The summed E-state index contributed by atoms with van der Waals surface area (Å²) in [4.78, 5) is 22.5. The Morgan fingerprint density at radius 1 is 1.30 bits per heavy atom.